The minimum Gasteiger partial charge on any atom is -0.497 e. The van der Waals surface area contributed by atoms with Crippen molar-refractivity contribution in [1.82, 2.24) is 4.90 Å². The molecule has 0 amide bonds. The van der Waals surface area contributed by atoms with Crippen molar-refractivity contribution in [3.8, 4) is 17.2 Å². The molecule has 2 nitrogen and oxygen atoms in total. The first-order valence-corrected chi connectivity index (χ1v) is 13.0. The lowest BCUT2D eigenvalue weighted by molar-refractivity contribution is 0.196. The molecule has 3 heteroatoms. The van der Waals surface area contributed by atoms with Gasteiger partial charge in [0.25, 0.3) is 0 Å². The van der Waals surface area contributed by atoms with Crippen LogP contribution in [0.5, 0.6) is 5.75 Å². The predicted molar refractivity (Wildman–Crippen MR) is 123 cm³/mol. The van der Waals surface area contributed by atoms with Crippen LogP contribution in [-0.2, 0) is 0 Å². The summed E-state index contributed by atoms with van der Waals surface area (Å²) in [5.74, 6) is 4.44. The molecule has 1 aromatic carbocycles. The molecule has 0 bridgehead atoms. The number of hydrogen-bond donors (Lipinski definition) is 0. The zero-order valence-corrected chi connectivity index (χ0v) is 20.1. The van der Waals surface area contributed by atoms with Crippen molar-refractivity contribution in [1.29, 1.82) is 0 Å². The van der Waals surface area contributed by atoms with E-state index in [1.807, 2.05) is 12.1 Å². The van der Waals surface area contributed by atoms with E-state index in [-0.39, 0.29) is 5.04 Å². The molecule has 0 heterocycles. The van der Waals surface area contributed by atoms with Gasteiger partial charge in [-0.1, -0.05) is 58.0 Å². The predicted octanol–water partition coefficient (Wildman–Crippen LogP) is 6.25. The number of benzene rings is 1. The van der Waals surface area contributed by atoms with Gasteiger partial charge in [0.15, 0.2) is 0 Å². The van der Waals surface area contributed by atoms with Gasteiger partial charge in [-0.3, -0.25) is 4.90 Å². The second-order valence-electron chi connectivity index (χ2n) is 9.36. The lowest BCUT2D eigenvalue weighted by atomic mass is 10.1. The minimum atomic E-state index is -1.66. The van der Waals surface area contributed by atoms with Crippen molar-refractivity contribution in [2.45, 2.75) is 78.7 Å². The maximum absolute atomic E-state index is 5.31. The van der Waals surface area contributed by atoms with E-state index >= 15 is 0 Å². The van der Waals surface area contributed by atoms with E-state index in [1.54, 1.807) is 7.11 Å². The smallest absolute Gasteiger partial charge is 0.138 e. The molecule has 0 aromatic heterocycles. The first-order valence-electron chi connectivity index (χ1n) is 10.0. The van der Waals surface area contributed by atoms with Gasteiger partial charge in [-0.05, 0) is 50.4 Å². The molecule has 1 aromatic rings. The highest BCUT2D eigenvalue weighted by Crippen LogP contribution is 2.35. The van der Waals surface area contributed by atoms with Crippen molar-refractivity contribution in [3.63, 3.8) is 0 Å². The Morgan fingerprint density at radius 2 is 1.59 bits per heavy atom. The molecule has 0 aliphatic heterocycles. The van der Waals surface area contributed by atoms with Crippen LogP contribution in [0.4, 0.5) is 0 Å². The summed E-state index contributed by atoms with van der Waals surface area (Å²) in [5, 5.41) is 0.257. The van der Waals surface area contributed by atoms with Gasteiger partial charge < -0.3 is 4.74 Å². The summed E-state index contributed by atoms with van der Waals surface area (Å²) in [6.45, 7) is 21.6. The Balaban J connectivity index is 3.30. The molecule has 0 saturated heterocycles. The summed E-state index contributed by atoms with van der Waals surface area (Å²) >= 11 is 0. The van der Waals surface area contributed by atoms with Gasteiger partial charge in [-0.2, -0.15) is 0 Å². The van der Waals surface area contributed by atoms with Crippen molar-refractivity contribution in [2.75, 3.05) is 13.7 Å². The Morgan fingerprint density at radius 3 is 2.00 bits per heavy atom. The Bertz CT molecular complexity index is 674. The average Bonchev–Trinajstić information content (AvgIpc) is 2.56. The number of hydrogen-bond acceptors (Lipinski definition) is 2. The summed E-state index contributed by atoms with van der Waals surface area (Å²) < 4.78 is 5.31. The summed E-state index contributed by atoms with van der Waals surface area (Å²) in [6.07, 6.45) is 2.29. The van der Waals surface area contributed by atoms with Gasteiger partial charge in [0.05, 0.1) is 7.11 Å². The second kappa shape index (κ2) is 9.62. The van der Waals surface area contributed by atoms with Gasteiger partial charge in [0.2, 0.25) is 0 Å². The Labute approximate surface area is 169 Å². The van der Waals surface area contributed by atoms with E-state index in [2.05, 4.69) is 96.1 Å². The molecule has 0 fully saturated rings. The highest BCUT2D eigenvalue weighted by atomic mass is 28.3. The molecule has 150 valence electrons. The molecule has 0 saturated carbocycles. The third-order valence-corrected chi connectivity index (χ3v) is 10.1. The lowest BCUT2D eigenvalue weighted by Gasteiger charge is -2.31. The van der Waals surface area contributed by atoms with E-state index < -0.39 is 8.07 Å². The fourth-order valence-electron chi connectivity index (χ4n) is 2.64. The number of ether oxygens (including phenoxy) is 1. The summed E-state index contributed by atoms with van der Waals surface area (Å²) in [6, 6.07) is 9.26. The van der Waals surface area contributed by atoms with E-state index in [9.17, 15) is 0 Å². The van der Waals surface area contributed by atoms with Gasteiger partial charge >= 0.3 is 0 Å². The van der Waals surface area contributed by atoms with E-state index in [0.717, 1.165) is 23.4 Å². The maximum atomic E-state index is 5.31. The van der Waals surface area contributed by atoms with Gasteiger partial charge in [0.1, 0.15) is 13.8 Å². The fraction of sp³-hybridized carbons (Fsp3) is 0.583. The quantitative estimate of drug-likeness (QED) is 0.424. The molecule has 1 rings (SSSR count). The Hall–Kier alpha value is -1.50. The molecule has 0 spiro atoms. The minimum absolute atomic E-state index is 0.257. The van der Waals surface area contributed by atoms with E-state index in [1.165, 1.54) is 0 Å². The molecular weight excluding hydrogens is 346 g/mol. The normalized spacial score (nSPS) is 13.1. The van der Waals surface area contributed by atoms with Crippen molar-refractivity contribution in [3.05, 3.63) is 35.9 Å². The monoisotopic (exact) mass is 385 g/mol. The third kappa shape index (κ3) is 6.87. The number of rotatable bonds is 6. The van der Waals surface area contributed by atoms with Gasteiger partial charge in [0, 0.05) is 24.2 Å². The third-order valence-electron chi connectivity index (χ3n) is 5.62. The molecule has 0 N–H and O–H groups in total. The number of methoxy groups -OCH3 is 1. The van der Waals surface area contributed by atoms with Crippen LogP contribution in [0.3, 0.4) is 0 Å². The SMILES string of the molecule is COc1ccc(/C(C#C[Si](C)(C)C(C)(C)C)=C\CN(C(C)C)C(C)C)cc1. The van der Waals surface area contributed by atoms with Gasteiger partial charge in [-0.25, -0.2) is 0 Å². The highest BCUT2D eigenvalue weighted by molar-refractivity contribution is 6.87. The van der Waals surface area contributed by atoms with Crippen LogP contribution in [0.15, 0.2) is 30.3 Å². The fourth-order valence-corrected chi connectivity index (χ4v) is 3.46. The zero-order valence-electron chi connectivity index (χ0n) is 19.1. The van der Waals surface area contributed by atoms with Crippen LogP contribution in [-0.4, -0.2) is 38.7 Å². The maximum Gasteiger partial charge on any atom is 0.138 e. The first-order chi connectivity index (χ1) is 12.4. The zero-order chi connectivity index (χ0) is 20.8. The summed E-state index contributed by atoms with van der Waals surface area (Å²) in [7, 11) is 0.0421. The van der Waals surface area contributed by atoms with Crippen LogP contribution in [0.25, 0.3) is 5.57 Å². The summed E-state index contributed by atoms with van der Waals surface area (Å²) in [4.78, 5) is 2.48. The van der Waals surface area contributed by atoms with Crippen LogP contribution >= 0.6 is 0 Å². The highest BCUT2D eigenvalue weighted by Gasteiger charge is 2.33. The lowest BCUT2D eigenvalue weighted by Crippen LogP contribution is -2.37. The van der Waals surface area contributed by atoms with E-state index in [4.69, 9.17) is 4.74 Å². The average molecular weight is 386 g/mol. The number of nitrogens with zero attached hydrogens (tertiary/aromatic N) is 1. The van der Waals surface area contributed by atoms with Crippen molar-refractivity contribution < 1.29 is 4.74 Å². The Morgan fingerprint density at radius 1 is 1.07 bits per heavy atom. The standard InChI is InChI=1S/C24H39NOSi/c1-19(2)25(20(3)4)17-15-22(16-18-27(9,10)24(5,6)7)21-11-13-23(26-8)14-12-21/h11-15,19-20H,17H2,1-10H3/b22-15-. The molecule has 0 radical (unpaired) electrons. The van der Waals surface area contributed by atoms with Crippen LogP contribution in [0.2, 0.25) is 18.1 Å². The molecular formula is C24H39NOSi. The largest absolute Gasteiger partial charge is 0.497 e. The van der Waals surface area contributed by atoms with Crippen LogP contribution < -0.4 is 4.74 Å². The molecule has 27 heavy (non-hydrogen) atoms. The van der Waals surface area contributed by atoms with Crippen molar-refractivity contribution >= 4 is 13.6 Å². The second-order valence-corrected chi connectivity index (χ2v) is 14.4. The van der Waals surface area contributed by atoms with Crippen molar-refractivity contribution in [2.24, 2.45) is 0 Å². The van der Waals surface area contributed by atoms with E-state index in [0.29, 0.717) is 12.1 Å². The summed E-state index contributed by atoms with van der Waals surface area (Å²) in [5.41, 5.74) is 5.96. The molecule has 0 atom stereocenters. The number of allylic oxidation sites excluding steroid dienone is 1. The molecule has 0 aliphatic rings. The Kier molecular flexibility index (Phi) is 8.39. The molecule has 0 aliphatic carbocycles. The topological polar surface area (TPSA) is 12.5 Å². The van der Waals surface area contributed by atoms with Gasteiger partial charge in [-0.15, -0.1) is 5.54 Å². The first kappa shape index (κ1) is 23.5. The van der Waals surface area contributed by atoms with Crippen LogP contribution in [0.1, 0.15) is 54.0 Å². The van der Waals surface area contributed by atoms with Crippen LogP contribution in [0, 0.1) is 11.5 Å². The molecule has 0 unspecified atom stereocenters.